The van der Waals surface area contributed by atoms with Crippen molar-refractivity contribution in [3.05, 3.63) is 0 Å². The van der Waals surface area contributed by atoms with E-state index in [0.717, 1.165) is 18.6 Å². The molecule has 0 bridgehead atoms. The van der Waals surface area contributed by atoms with Crippen molar-refractivity contribution in [1.29, 1.82) is 0 Å². The minimum absolute atomic E-state index is 0.126. The van der Waals surface area contributed by atoms with Crippen molar-refractivity contribution in [2.24, 2.45) is 9.98 Å². The molecule has 0 radical (unpaired) electrons. The third-order valence-electron chi connectivity index (χ3n) is 1.67. The highest BCUT2D eigenvalue weighted by Crippen LogP contribution is 2.22. The Morgan fingerprint density at radius 1 is 1.60 bits per heavy atom. The Kier molecular flexibility index (Phi) is 1.88. The van der Waals surface area contributed by atoms with E-state index in [1.54, 1.807) is 0 Å². The minimum atomic E-state index is -0.126. The Morgan fingerprint density at radius 3 is 2.70 bits per heavy atom. The van der Waals surface area contributed by atoms with Gasteiger partial charge in [0.15, 0.2) is 0 Å². The standard InChI is InChI=1S/C8H14N2/c1-4-5-8(3)9-6-7(2)10-8/h6H,4-5H2,1-3H3. The van der Waals surface area contributed by atoms with Gasteiger partial charge >= 0.3 is 0 Å². The molecular formula is C8H14N2. The Morgan fingerprint density at radius 2 is 2.30 bits per heavy atom. The van der Waals surface area contributed by atoms with Gasteiger partial charge in [-0.2, -0.15) is 0 Å². The molecule has 0 saturated carbocycles. The van der Waals surface area contributed by atoms with Crippen molar-refractivity contribution >= 4 is 11.9 Å². The fourth-order valence-electron chi connectivity index (χ4n) is 1.26. The van der Waals surface area contributed by atoms with Crippen LogP contribution in [-0.4, -0.2) is 17.6 Å². The number of aliphatic imine (C=N–C) groups is 2. The van der Waals surface area contributed by atoms with Gasteiger partial charge in [0, 0.05) is 6.21 Å². The lowest BCUT2D eigenvalue weighted by Gasteiger charge is -2.15. The summed E-state index contributed by atoms with van der Waals surface area (Å²) in [6.45, 7) is 6.22. The van der Waals surface area contributed by atoms with Crippen LogP contribution in [0, 0.1) is 0 Å². The van der Waals surface area contributed by atoms with Crippen LogP contribution < -0.4 is 0 Å². The number of hydrogen-bond acceptors (Lipinski definition) is 2. The SMILES string of the molecule is CCCC1(C)N=CC(C)=N1. The van der Waals surface area contributed by atoms with Crippen LogP contribution in [0.5, 0.6) is 0 Å². The summed E-state index contributed by atoms with van der Waals surface area (Å²) < 4.78 is 0. The van der Waals surface area contributed by atoms with E-state index < -0.39 is 0 Å². The van der Waals surface area contributed by atoms with E-state index in [1.807, 2.05) is 13.1 Å². The van der Waals surface area contributed by atoms with Crippen molar-refractivity contribution in [3.8, 4) is 0 Å². The second-order valence-electron chi connectivity index (χ2n) is 2.98. The van der Waals surface area contributed by atoms with E-state index in [9.17, 15) is 0 Å². The summed E-state index contributed by atoms with van der Waals surface area (Å²) in [4.78, 5) is 8.71. The fourth-order valence-corrected chi connectivity index (χ4v) is 1.26. The lowest BCUT2D eigenvalue weighted by molar-refractivity contribution is 0.461. The smallest absolute Gasteiger partial charge is 0.147 e. The van der Waals surface area contributed by atoms with Crippen LogP contribution in [0.3, 0.4) is 0 Å². The molecule has 0 aromatic carbocycles. The van der Waals surface area contributed by atoms with Crippen molar-refractivity contribution in [1.82, 2.24) is 0 Å². The predicted molar refractivity (Wildman–Crippen MR) is 44.9 cm³/mol. The van der Waals surface area contributed by atoms with Gasteiger partial charge in [-0.1, -0.05) is 13.3 Å². The van der Waals surface area contributed by atoms with Crippen LogP contribution in [0.1, 0.15) is 33.6 Å². The van der Waals surface area contributed by atoms with Gasteiger partial charge in [0.2, 0.25) is 0 Å². The van der Waals surface area contributed by atoms with Crippen LogP contribution in [-0.2, 0) is 0 Å². The molecule has 10 heavy (non-hydrogen) atoms. The summed E-state index contributed by atoms with van der Waals surface area (Å²) in [6, 6.07) is 0. The van der Waals surface area contributed by atoms with Gasteiger partial charge in [-0.05, 0) is 20.3 Å². The molecule has 0 N–H and O–H groups in total. The topological polar surface area (TPSA) is 24.7 Å². The monoisotopic (exact) mass is 138 g/mol. The molecule has 1 rings (SSSR count). The zero-order valence-electron chi connectivity index (χ0n) is 6.89. The average molecular weight is 138 g/mol. The lowest BCUT2D eigenvalue weighted by atomic mass is 10.1. The van der Waals surface area contributed by atoms with Gasteiger partial charge in [0.25, 0.3) is 0 Å². The molecule has 0 spiro atoms. The Hall–Kier alpha value is -0.660. The maximum atomic E-state index is 4.40. The highest BCUT2D eigenvalue weighted by molar-refractivity contribution is 6.30. The normalized spacial score (nSPS) is 30.9. The molecule has 0 fully saturated rings. The largest absolute Gasteiger partial charge is 0.262 e. The van der Waals surface area contributed by atoms with Crippen molar-refractivity contribution in [2.75, 3.05) is 0 Å². The summed E-state index contributed by atoms with van der Waals surface area (Å²) in [5, 5.41) is 0. The van der Waals surface area contributed by atoms with Crippen molar-refractivity contribution in [3.63, 3.8) is 0 Å². The van der Waals surface area contributed by atoms with E-state index in [4.69, 9.17) is 0 Å². The molecule has 2 heteroatoms. The van der Waals surface area contributed by atoms with E-state index in [2.05, 4.69) is 23.8 Å². The van der Waals surface area contributed by atoms with E-state index in [0.29, 0.717) is 0 Å². The summed E-state index contributed by atoms with van der Waals surface area (Å²) in [5.74, 6) is 0. The molecule has 0 amide bonds. The second-order valence-corrected chi connectivity index (χ2v) is 2.98. The van der Waals surface area contributed by atoms with Gasteiger partial charge < -0.3 is 0 Å². The molecule has 0 aromatic rings. The highest BCUT2D eigenvalue weighted by Gasteiger charge is 2.22. The minimum Gasteiger partial charge on any atom is -0.262 e. The summed E-state index contributed by atoms with van der Waals surface area (Å²) >= 11 is 0. The van der Waals surface area contributed by atoms with Crippen molar-refractivity contribution in [2.45, 2.75) is 39.3 Å². The van der Waals surface area contributed by atoms with Gasteiger partial charge in [0.1, 0.15) is 5.66 Å². The Bertz CT molecular complexity index is 182. The lowest BCUT2D eigenvalue weighted by Crippen LogP contribution is -2.15. The van der Waals surface area contributed by atoms with E-state index >= 15 is 0 Å². The van der Waals surface area contributed by atoms with Gasteiger partial charge in [-0.3, -0.25) is 9.98 Å². The Balaban J connectivity index is 2.64. The molecule has 0 saturated heterocycles. The second kappa shape index (κ2) is 2.52. The maximum Gasteiger partial charge on any atom is 0.147 e. The van der Waals surface area contributed by atoms with Crippen LogP contribution in [0.15, 0.2) is 9.98 Å². The number of hydrogen-bond donors (Lipinski definition) is 0. The first-order chi connectivity index (χ1) is 4.66. The first-order valence-electron chi connectivity index (χ1n) is 3.78. The number of nitrogens with zero attached hydrogens (tertiary/aromatic N) is 2. The molecule has 0 aliphatic carbocycles. The summed E-state index contributed by atoms with van der Waals surface area (Å²) in [7, 11) is 0. The molecule has 56 valence electrons. The first kappa shape index (κ1) is 7.45. The van der Waals surface area contributed by atoms with Gasteiger partial charge in [0.05, 0.1) is 5.71 Å². The summed E-state index contributed by atoms with van der Waals surface area (Å²) in [5.41, 5.74) is 0.926. The van der Waals surface area contributed by atoms with Crippen molar-refractivity contribution < 1.29 is 0 Å². The average Bonchev–Trinajstić information content (AvgIpc) is 2.12. The zero-order valence-corrected chi connectivity index (χ0v) is 6.89. The third-order valence-corrected chi connectivity index (χ3v) is 1.67. The Labute approximate surface area is 62.1 Å². The van der Waals surface area contributed by atoms with Gasteiger partial charge in [-0.15, -0.1) is 0 Å². The van der Waals surface area contributed by atoms with Crippen LogP contribution in [0.25, 0.3) is 0 Å². The maximum absolute atomic E-state index is 4.40. The molecule has 1 aliphatic heterocycles. The van der Waals surface area contributed by atoms with Gasteiger partial charge in [-0.25, -0.2) is 0 Å². The predicted octanol–water partition coefficient (Wildman–Crippen LogP) is 2.05. The molecule has 1 heterocycles. The molecular weight excluding hydrogens is 124 g/mol. The quantitative estimate of drug-likeness (QED) is 0.558. The molecule has 0 aromatic heterocycles. The van der Waals surface area contributed by atoms with Crippen LogP contribution >= 0.6 is 0 Å². The number of rotatable bonds is 2. The summed E-state index contributed by atoms with van der Waals surface area (Å²) in [6.07, 6.45) is 4.06. The fraction of sp³-hybridized carbons (Fsp3) is 0.750. The first-order valence-corrected chi connectivity index (χ1v) is 3.78. The third kappa shape index (κ3) is 1.43. The molecule has 1 unspecified atom stereocenters. The highest BCUT2D eigenvalue weighted by atomic mass is 15.1. The van der Waals surface area contributed by atoms with E-state index in [-0.39, 0.29) is 5.66 Å². The zero-order chi connectivity index (χ0) is 7.61. The molecule has 1 atom stereocenters. The van der Waals surface area contributed by atoms with Crippen LogP contribution in [0.4, 0.5) is 0 Å². The van der Waals surface area contributed by atoms with E-state index in [1.165, 1.54) is 0 Å². The van der Waals surface area contributed by atoms with Crippen LogP contribution in [0.2, 0.25) is 0 Å². The molecule has 2 nitrogen and oxygen atoms in total. The molecule has 1 aliphatic rings.